The van der Waals surface area contributed by atoms with Crippen molar-refractivity contribution in [1.29, 1.82) is 0 Å². The van der Waals surface area contributed by atoms with E-state index < -0.39 is 0 Å². The van der Waals surface area contributed by atoms with Crippen LogP contribution in [0.15, 0.2) is 18.2 Å². The van der Waals surface area contributed by atoms with E-state index in [0.717, 1.165) is 24.8 Å². The van der Waals surface area contributed by atoms with Crippen molar-refractivity contribution in [1.82, 2.24) is 14.7 Å². The molecule has 3 aliphatic rings. The molecule has 0 radical (unpaired) electrons. The van der Waals surface area contributed by atoms with Gasteiger partial charge in [-0.2, -0.15) is 0 Å². The van der Waals surface area contributed by atoms with Crippen molar-refractivity contribution >= 4 is 0 Å². The number of piperazine rings is 1. The molecule has 0 N–H and O–H groups in total. The van der Waals surface area contributed by atoms with E-state index in [-0.39, 0.29) is 5.60 Å². The lowest BCUT2D eigenvalue weighted by Crippen LogP contribution is -2.50. The molecular weight excluding hydrogens is 310 g/mol. The number of rotatable bonds is 4. The van der Waals surface area contributed by atoms with Crippen LogP contribution in [0.25, 0.3) is 0 Å². The van der Waals surface area contributed by atoms with Crippen LogP contribution in [0.5, 0.6) is 5.75 Å². The topological polar surface area (TPSA) is 19.0 Å². The van der Waals surface area contributed by atoms with E-state index in [0.29, 0.717) is 0 Å². The van der Waals surface area contributed by atoms with E-state index in [9.17, 15) is 0 Å². The second kappa shape index (κ2) is 6.90. The zero-order valence-electron chi connectivity index (χ0n) is 16.1. The third-order valence-electron chi connectivity index (χ3n) is 6.15. The van der Waals surface area contributed by atoms with Crippen LogP contribution < -0.4 is 4.74 Å². The number of hydrogen-bond donors (Lipinski definition) is 0. The molecule has 1 aromatic rings. The zero-order chi connectivity index (χ0) is 17.4. The Morgan fingerprint density at radius 3 is 2.64 bits per heavy atom. The minimum absolute atomic E-state index is 0.0413. The standard InChI is InChI=1S/C21H33N3O/c1-4-22-9-11-24(12-10-22)19-7-8-23(16-19)15-17-5-6-20-18(13-17)14-21(2,3)25-20/h5-6,13,19H,4,7-12,14-16H2,1-3H3. The van der Waals surface area contributed by atoms with Crippen molar-refractivity contribution in [2.75, 3.05) is 45.8 Å². The average Bonchev–Trinajstić information content (AvgIpc) is 3.17. The van der Waals surface area contributed by atoms with E-state index in [1.165, 1.54) is 63.4 Å². The summed E-state index contributed by atoms with van der Waals surface area (Å²) in [4.78, 5) is 7.93. The van der Waals surface area contributed by atoms with E-state index in [2.05, 4.69) is 53.7 Å². The highest BCUT2D eigenvalue weighted by molar-refractivity contribution is 5.41. The second-order valence-electron chi connectivity index (χ2n) is 8.63. The highest BCUT2D eigenvalue weighted by Crippen LogP contribution is 2.35. The lowest BCUT2D eigenvalue weighted by atomic mass is 10.00. The molecule has 1 atom stereocenters. The van der Waals surface area contributed by atoms with Crippen molar-refractivity contribution in [3.8, 4) is 5.75 Å². The number of likely N-dealkylation sites (N-methyl/N-ethyl adjacent to an activating group) is 1. The Labute approximate surface area is 152 Å². The Bertz CT molecular complexity index is 607. The highest BCUT2D eigenvalue weighted by atomic mass is 16.5. The SMILES string of the molecule is CCN1CCN(C2CCN(Cc3ccc4c(c3)CC(C)(C)O4)C2)CC1. The van der Waals surface area contributed by atoms with Crippen molar-refractivity contribution in [2.45, 2.75) is 51.8 Å². The van der Waals surface area contributed by atoms with Gasteiger partial charge in [0.2, 0.25) is 0 Å². The molecule has 4 nitrogen and oxygen atoms in total. The van der Waals surface area contributed by atoms with Gasteiger partial charge in [0, 0.05) is 58.3 Å². The van der Waals surface area contributed by atoms with E-state index in [4.69, 9.17) is 4.74 Å². The Morgan fingerprint density at radius 1 is 1.08 bits per heavy atom. The fraction of sp³-hybridized carbons (Fsp3) is 0.714. The van der Waals surface area contributed by atoms with E-state index >= 15 is 0 Å². The first kappa shape index (κ1) is 17.3. The van der Waals surface area contributed by atoms with E-state index in [1.54, 1.807) is 0 Å². The van der Waals surface area contributed by atoms with Gasteiger partial charge in [0.25, 0.3) is 0 Å². The maximum Gasteiger partial charge on any atom is 0.123 e. The summed E-state index contributed by atoms with van der Waals surface area (Å²) in [5.41, 5.74) is 2.78. The summed E-state index contributed by atoms with van der Waals surface area (Å²) in [6.45, 7) is 16.4. The number of fused-ring (bicyclic) bond motifs is 1. The van der Waals surface area contributed by atoms with Crippen LogP contribution in [0.1, 0.15) is 38.3 Å². The van der Waals surface area contributed by atoms with Crippen LogP contribution in [0.4, 0.5) is 0 Å². The molecule has 2 saturated heterocycles. The lowest BCUT2D eigenvalue weighted by Gasteiger charge is -2.37. The summed E-state index contributed by atoms with van der Waals surface area (Å²) in [7, 11) is 0. The predicted molar refractivity (Wildman–Crippen MR) is 102 cm³/mol. The lowest BCUT2D eigenvalue weighted by molar-refractivity contribution is 0.101. The number of nitrogens with zero attached hydrogens (tertiary/aromatic N) is 3. The van der Waals surface area contributed by atoms with E-state index in [1.807, 2.05) is 0 Å². The Hall–Kier alpha value is -1.10. The maximum atomic E-state index is 6.01. The molecule has 0 bridgehead atoms. The first-order valence-corrected chi connectivity index (χ1v) is 10.0. The fourth-order valence-corrected chi connectivity index (χ4v) is 4.72. The van der Waals surface area contributed by atoms with Crippen molar-refractivity contribution in [3.05, 3.63) is 29.3 Å². The molecule has 0 spiro atoms. The van der Waals surface area contributed by atoms with Gasteiger partial charge in [0.1, 0.15) is 11.4 Å². The fourth-order valence-electron chi connectivity index (χ4n) is 4.72. The smallest absolute Gasteiger partial charge is 0.123 e. The largest absolute Gasteiger partial charge is 0.487 e. The molecule has 4 rings (SSSR count). The van der Waals surface area contributed by atoms with Gasteiger partial charge in [0.05, 0.1) is 0 Å². The minimum Gasteiger partial charge on any atom is -0.487 e. The molecule has 25 heavy (non-hydrogen) atoms. The molecule has 138 valence electrons. The minimum atomic E-state index is -0.0413. The number of benzene rings is 1. The average molecular weight is 344 g/mol. The number of hydrogen-bond acceptors (Lipinski definition) is 4. The summed E-state index contributed by atoms with van der Waals surface area (Å²) in [5, 5.41) is 0. The van der Waals surface area contributed by atoms with Gasteiger partial charge in [-0.15, -0.1) is 0 Å². The van der Waals surface area contributed by atoms with Crippen LogP contribution in [-0.4, -0.2) is 72.2 Å². The van der Waals surface area contributed by atoms with Crippen LogP contribution in [0, 0.1) is 0 Å². The Morgan fingerprint density at radius 2 is 1.88 bits per heavy atom. The van der Waals surface area contributed by atoms with Crippen LogP contribution in [0.2, 0.25) is 0 Å². The van der Waals surface area contributed by atoms with Gasteiger partial charge < -0.3 is 9.64 Å². The first-order valence-electron chi connectivity index (χ1n) is 10.0. The monoisotopic (exact) mass is 343 g/mol. The summed E-state index contributed by atoms with van der Waals surface area (Å²) < 4.78 is 6.01. The van der Waals surface area contributed by atoms with Gasteiger partial charge in [-0.3, -0.25) is 9.80 Å². The molecule has 1 aromatic carbocycles. The normalized spacial score (nSPS) is 27.4. The van der Waals surface area contributed by atoms with Crippen molar-refractivity contribution in [3.63, 3.8) is 0 Å². The molecule has 0 amide bonds. The highest BCUT2D eigenvalue weighted by Gasteiger charge is 2.31. The van der Waals surface area contributed by atoms with Gasteiger partial charge in [0.15, 0.2) is 0 Å². The third kappa shape index (κ3) is 3.86. The third-order valence-corrected chi connectivity index (χ3v) is 6.15. The molecule has 3 aliphatic heterocycles. The second-order valence-corrected chi connectivity index (χ2v) is 8.63. The molecule has 4 heteroatoms. The predicted octanol–water partition coefficient (Wildman–Crippen LogP) is 2.61. The molecule has 2 fully saturated rings. The van der Waals surface area contributed by atoms with Crippen LogP contribution in [0.3, 0.4) is 0 Å². The van der Waals surface area contributed by atoms with Gasteiger partial charge in [-0.25, -0.2) is 0 Å². The molecule has 0 aliphatic carbocycles. The maximum absolute atomic E-state index is 6.01. The summed E-state index contributed by atoms with van der Waals surface area (Å²) in [6, 6.07) is 7.57. The molecular formula is C21H33N3O. The molecule has 0 aromatic heterocycles. The van der Waals surface area contributed by atoms with Gasteiger partial charge >= 0.3 is 0 Å². The molecule has 1 unspecified atom stereocenters. The van der Waals surface area contributed by atoms with Crippen LogP contribution >= 0.6 is 0 Å². The number of likely N-dealkylation sites (tertiary alicyclic amines) is 1. The molecule has 0 saturated carbocycles. The number of ether oxygens (including phenoxy) is 1. The van der Waals surface area contributed by atoms with Gasteiger partial charge in [-0.05, 0) is 44.0 Å². The van der Waals surface area contributed by atoms with Crippen LogP contribution in [-0.2, 0) is 13.0 Å². The van der Waals surface area contributed by atoms with Crippen molar-refractivity contribution in [2.24, 2.45) is 0 Å². The Kier molecular flexibility index (Phi) is 4.78. The quantitative estimate of drug-likeness (QED) is 0.836. The summed E-state index contributed by atoms with van der Waals surface area (Å²) in [5.74, 6) is 1.09. The zero-order valence-corrected chi connectivity index (χ0v) is 16.1. The summed E-state index contributed by atoms with van der Waals surface area (Å²) in [6.07, 6.45) is 2.35. The van der Waals surface area contributed by atoms with Gasteiger partial charge in [-0.1, -0.05) is 19.1 Å². The first-order chi connectivity index (χ1) is 12.0. The Balaban J connectivity index is 1.32. The van der Waals surface area contributed by atoms with Crippen molar-refractivity contribution < 1.29 is 4.74 Å². The molecule has 3 heterocycles. The summed E-state index contributed by atoms with van der Waals surface area (Å²) >= 11 is 0.